The van der Waals surface area contributed by atoms with Gasteiger partial charge in [0.15, 0.2) is 0 Å². The van der Waals surface area contributed by atoms with Crippen molar-refractivity contribution >= 4 is 17.6 Å². The van der Waals surface area contributed by atoms with Crippen molar-refractivity contribution in [2.24, 2.45) is 0 Å². The van der Waals surface area contributed by atoms with Gasteiger partial charge < -0.3 is 5.32 Å². The maximum atomic E-state index is 10.5. The second kappa shape index (κ2) is 6.99. The molecule has 0 aliphatic carbocycles. The van der Waals surface area contributed by atoms with Crippen LogP contribution in [0.25, 0.3) is 10.4 Å². The lowest BCUT2D eigenvalue weighted by Crippen LogP contribution is -1.89. The van der Waals surface area contributed by atoms with E-state index in [1.165, 1.54) is 15.3 Å². The topological polar surface area (TPSA) is 29.1 Å². The molecule has 0 aliphatic rings. The smallest absolute Gasteiger partial charge is 0.150 e. The van der Waals surface area contributed by atoms with Crippen LogP contribution in [0.3, 0.4) is 0 Å². The number of nitrogens with one attached hydrogen (secondary N) is 1. The molecule has 17 heavy (non-hydrogen) atoms. The van der Waals surface area contributed by atoms with Crippen molar-refractivity contribution in [3.8, 4) is 10.4 Å². The lowest BCUT2D eigenvalue weighted by atomic mass is 10.1. The normalized spacial score (nSPS) is 9.35. The summed E-state index contributed by atoms with van der Waals surface area (Å²) in [4.78, 5) is 13.0. The summed E-state index contributed by atoms with van der Waals surface area (Å²) in [7, 11) is 3.75. The fraction of sp³-hybridized carbons (Fsp3) is 0.214. The van der Waals surface area contributed by atoms with E-state index in [2.05, 4.69) is 24.4 Å². The first kappa shape index (κ1) is 13.6. The van der Waals surface area contributed by atoms with Crippen LogP contribution in [0, 0.1) is 6.92 Å². The molecule has 0 bridgehead atoms. The van der Waals surface area contributed by atoms with Gasteiger partial charge in [0.1, 0.15) is 6.29 Å². The Morgan fingerprint density at radius 1 is 1.06 bits per heavy atom. The fourth-order valence-electron chi connectivity index (χ4n) is 1.32. The van der Waals surface area contributed by atoms with E-state index in [0.29, 0.717) is 0 Å². The molecule has 2 nitrogen and oxygen atoms in total. The van der Waals surface area contributed by atoms with Gasteiger partial charge in [0, 0.05) is 15.3 Å². The van der Waals surface area contributed by atoms with Crippen molar-refractivity contribution in [3.05, 3.63) is 46.8 Å². The monoisotopic (exact) mass is 247 g/mol. The molecule has 0 atom stereocenters. The van der Waals surface area contributed by atoms with Crippen LogP contribution in [0.1, 0.15) is 15.2 Å². The molecule has 3 heteroatoms. The quantitative estimate of drug-likeness (QED) is 0.824. The second-order valence-electron chi connectivity index (χ2n) is 3.65. The third-order valence-electron chi connectivity index (χ3n) is 2.07. The Morgan fingerprint density at radius 3 is 2.06 bits per heavy atom. The summed E-state index contributed by atoms with van der Waals surface area (Å²) in [6, 6.07) is 11.9. The lowest BCUT2D eigenvalue weighted by molar-refractivity contribution is 0.112. The standard InChI is InChI=1S/C12H10OS.C2H7N/c1-9-2-7-12(14-9)11-5-3-10(8-13)4-6-11;1-3-2/h2-8H,1H3;3H,1-2H3. The third kappa shape index (κ3) is 4.13. The Kier molecular flexibility index (Phi) is 5.60. The van der Waals surface area contributed by atoms with Crippen LogP contribution in [0.5, 0.6) is 0 Å². The van der Waals surface area contributed by atoms with Gasteiger partial charge in [-0.25, -0.2) is 0 Å². The number of carbonyl (C=O) groups excluding carboxylic acids is 1. The van der Waals surface area contributed by atoms with Gasteiger partial charge in [0.25, 0.3) is 0 Å². The Hall–Kier alpha value is -1.45. The Bertz CT molecular complexity index is 459. The molecule has 1 N–H and O–H groups in total. The highest BCUT2D eigenvalue weighted by molar-refractivity contribution is 7.15. The number of benzene rings is 1. The SMILES string of the molecule is CNC.Cc1ccc(-c2ccc(C=O)cc2)s1. The largest absolute Gasteiger partial charge is 0.323 e. The highest BCUT2D eigenvalue weighted by Crippen LogP contribution is 2.27. The highest BCUT2D eigenvalue weighted by atomic mass is 32.1. The van der Waals surface area contributed by atoms with Gasteiger partial charge in [-0.2, -0.15) is 0 Å². The van der Waals surface area contributed by atoms with E-state index >= 15 is 0 Å². The van der Waals surface area contributed by atoms with Crippen LogP contribution in [0.2, 0.25) is 0 Å². The van der Waals surface area contributed by atoms with Crippen molar-refractivity contribution in [1.29, 1.82) is 0 Å². The third-order valence-corrected chi connectivity index (χ3v) is 3.12. The Morgan fingerprint density at radius 2 is 1.65 bits per heavy atom. The molecule has 0 amide bonds. The summed E-state index contributed by atoms with van der Waals surface area (Å²) < 4.78 is 0. The molecule has 1 aromatic heterocycles. The van der Waals surface area contributed by atoms with E-state index in [9.17, 15) is 4.79 Å². The van der Waals surface area contributed by atoms with E-state index in [-0.39, 0.29) is 0 Å². The predicted octanol–water partition coefficient (Wildman–Crippen LogP) is 3.37. The average molecular weight is 247 g/mol. The van der Waals surface area contributed by atoms with Gasteiger partial charge in [-0.05, 0) is 38.7 Å². The highest BCUT2D eigenvalue weighted by Gasteiger charge is 1.99. The van der Waals surface area contributed by atoms with Crippen molar-refractivity contribution in [2.45, 2.75) is 6.92 Å². The van der Waals surface area contributed by atoms with Gasteiger partial charge in [0.05, 0.1) is 0 Å². The molecule has 0 unspecified atom stereocenters. The van der Waals surface area contributed by atoms with Gasteiger partial charge in [-0.15, -0.1) is 11.3 Å². The van der Waals surface area contributed by atoms with Crippen LogP contribution in [-0.4, -0.2) is 20.4 Å². The van der Waals surface area contributed by atoms with Crippen LogP contribution in [-0.2, 0) is 0 Å². The van der Waals surface area contributed by atoms with Gasteiger partial charge in [-0.3, -0.25) is 4.79 Å². The minimum atomic E-state index is 0.724. The lowest BCUT2D eigenvalue weighted by Gasteiger charge is -1.96. The first-order valence-corrected chi connectivity index (χ1v) is 6.23. The maximum absolute atomic E-state index is 10.5. The fourth-order valence-corrected chi connectivity index (χ4v) is 2.19. The predicted molar refractivity (Wildman–Crippen MR) is 74.9 cm³/mol. The van der Waals surface area contributed by atoms with Crippen LogP contribution >= 0.6 is 11.3 Å². The van der Waals surface area contributed by atoms with Crippen LogP contribution in [0.4, 0.5) is 0 Å². The Labute approximate surface area is 106 Å². The molecule has 0 aliphatic heterocycles. The number of carbonyl (C=O) groups is 1. The van der Waals surface area contributed by atoms with Gasteiger partial charge in [0.2, 0.25) is 0 Å². The molecule has 1 heterocycles. The minimum Gasteiger partial charge on any atom is -0.323 e. The van der Waals surface area contributed by atoms with Gasteiger partial charge >= 0.3 is 0 Å². The van der Waals surface area contributed by atoms with Crippen LogP contribution in [0.15, 0.2) is 36.4 Å². The number of aldehydes is 1. The number of thiophene rings is 1. The summed E-state index contributed by atoms with van der Waals surface area (Å²) in [5, 5.41) is 2.75. The molecular formula is C14H17NOS. The molecule has 90 valence electrons. The zero-order valence-electron chi connectivity index (χ0n) is 10.4. The van der Waals surface area contributed by atoms with E-state index in [4.69, 9.17) is 0 Å². The summed E-state index contributed by atoms with van der Waals surface area (Å²) >= 11 is 1.77. The molecular weight excluding hydrogens is 230 g/mol. The zero-order valence-corrected chi connectivity index (χ0v) is 11.2. The summed E-state index contributed by atoms with van der Waals surface area (Å²) in [6.45, 7) is 2.09. The number of rotatable bonds is 2. The van der Waals surface area contributed by atoms with Crippen molar-refractivity contribution in [3.63, 3.8) is 0 Å². The Balaban J connectivity index is 0.000000437. The average Bonchev–Trinajstić information content (AvgIpc) is 2.77. The molecule has 1 aromatic carbocycles. The molecule has 0 radical (unpaired) electrons. The van der Waals surface area contributed by atoms with E-state index < -0.39 is 0 Å². The molecule has 0 saturated carbocycles. The first-order valence-electron chi connectivity index (χ1n) is 5.41. The van der Waals surface area contributed by atoms with Crippen molar-refractivity contribution in [1.82, 2.24) is 5.32 Å². The summed E-state index contributed by atoms with van der Waals surface area (Å²) in [6.07, 6.45) is 0.865. The minimum absolute atomic E-state index is 0.724. The summed E-state index contributed by atoms with van der Waals surface area (Å²) in [5.41, 5.74) is 1.90. The molecule has 2 rings (SSSR count). The summed E-state index contributed by atoms with van der Waals surface area (Å²) in [5.74, 6) is 0. The van der Waals surface area contributed by atoms with E-state index in [0.717, 1.165) is 11.8 Å². The van der Waals surface area contributed by atoms with Crippen molar-refractivity contribution in [2.75, 3.05) is 14.1 Å². The van der Waals surface area contributed by atoms with Gasteiger partial charge in [-0.1, -0.05) is 24.3 Å². The molecule has 0 spiro atoms. The number of hydrogen-bond donors (Lipinski definition) is 1. The zero-order chi connectivity index (χ0) is 12.7. The molecule has 0 fully saturated rings. The van der Waals surface area contributed by atoms with E-state index in [1.54, 1.807) is 11.3 Å². The second-order valence-corrected chi connectivity index (χ2v) is 4.94. The maximum Gasteiger partial charge on any atom is 0.150 e. The van der Waals surface area contributed by atoms with Crippen LogP contribution < -0.4 is 5.32 Å². The first-order chi connectivity index (χ1) is 8.21. The van der Waals surface area contributed by atoms with E-state index in [1.807, 2.05) is 38.4 Å². The number of hydrogen-bond acceptors (Lipinski definition) is 3. The van der Waals surface area contributed by atoms with Crippen molar-refractivity contribution < 1.29 is 4.79 Å². The molecule has 2 aromatic rings. The molecule has 0 saturated heterocycles. The number of aryl methyl sites for hydroxylation is 1.